The maximum atomic E-state index is 10.5. The molecule has 102 valence electrons. The van der Waals surface area contributed by atoms with Crippen LogP contribution in [0.25, 0.3) is 11.0 Å². The summed E-state index contributed by atoms with van der Waals surface area (Å²) in [6, 6.07) is 5.37. The third-order valence-corrected chi connectivity index (χ3v) is 2.92. The summed E-state index contributed by atoms with van der Waals surface area (Å²) in [6.07, 6.45) is -0.386. The number of primary amides is 1. The van der Waals surface area contributed by atoms with Crippen LogP contribution >= 0.6 is 11.6 Å². The third-order valence-electron chi connectivity index (χ3n) is 2.68. The normalized spacial score (nSPS) is 10.8. The Morgan fingerprint density at radius 1 is 1.53 bits per heavy atom. The number of hydrogen-bond acceptors (Lipinski definition) is 4. The molecule has 0 radical (unpaired) electrons. The molecule has 0 atom stereocenters. The Hall–Kier alpha value is -1.79. The molecule has 0 aliphatic rings. The molecule has 19 heavy (non-hydrogen) atoms. The second-order valence-electron chi connectivity index (χ2n) is 3.95. The SMILES string of the molecule is NC(=O)OCCc1nc2cc(Cl)ccc2n1CCO. The van der Waals surface area contributed by atoms with Crippen LogP contribution < -0.4 is 5.73 Å². The molecule has 0 bridgehead atoms. The molecule has 0 unspecified atom stereocenters. The van der Waals surface area contributed by atoms with E-state index in [9.17, 15) is 4.79 Å². The number of nitrogens with two attached hydrogens (primary N) is 1. The van der Waals surface area contributed by atoms with Crippen molar-refractivity contribution in [1.29, 1.82) is 0 Å². The van der Waals surface area contributed by atoms with Crippen molar-refractivity contribution in [2.45, 2.75) is 13.0 Å². The number of carbonyl (C=O) groups excluding carboxylic acids is 1. The number of halogens is 1. The highest BCUT2D eigenvalue weighted by Gasteiger charge is 2.11. The Balaban J connectivity index is 2.30. The molecule has 7 heteroatoms. The smallest absolute Gasteiger partial charge is 0.404 e. The molecule has 0 aliphatic carbocycles. The molecule has 0 saturated carbocycles. The molecule has 1 heterocycles. The van der Waals surface area contributed by atoms with Crippen molar-refractivity contribution in [3.63, 3.8) is 0 Å². The van der Waals surface area contributed by atoms with Gasteiger partial charge in [0.15, 0.2) is 0 Å². The summed E-state index contributed by atoms with van der Waals surface area (Å²) < 4.78 is 6.57. The standard InChI is InChI=1S/C12H14ClN3O3/c13-8-1-2-10-9(7-8)15-11(16(10)4-5-17)3-6-19-12(14)18/h1-2,7,17H,3-6H2,(H2,14,18). The number of ether oxygens (including phenoxy) is 1. The van der Waals surface area contributed by atoms with Crippen molar-refractivity contribution in [2.75, 3.05) is 13.2 Å². The molecular weight excluding hydrogens is 270 g/mol. The zero-order valence-corrected chi connectivity index (χ0v) is 10.9. The first kappa shape index (κ1) is 13.6. The summed E-state index contributed by atoms with van der Waals surface area (Å²) in [6.45, 7) is 0.569. The molecule has 3 N–H and O–H groups in total. The van der Waals surface area contributed by atoms with E-state index in [0.717, 1.165) is 11.0 Å². The molecule has 0 aliphatic heterocycles. The van der Waals surface area contributed by atoms with E-state index in [0.29, 0.717) is 23.8 Å². The largest absolute Gasteiger partial charge is 0.449 e. The van der Waals surface area contributed by atoms with Gasteiger partial charge in [-0.3, -0.25) is 0 Å². The van der Waals surface area contributed by atoms with E-state index in [-0.39, 0.29) is 13.2 Å². The first-order valence-corrected chi connectivity index (χ1v) is 6.17. The maximum Gasteiger partial charge on any atom is 0.404 e. The number of amides is 1. The quantitative estimate of drug-likeness (QED) is 0.866. The highest BCUT2D eigenvalue weighted by atomic mass is 35.5. The average Bonchev–Trinajstić information content (AvgIpc) is 2.67. The van der Waals surface area contributed by atoms with Crippen LogP contribution in [0.1, 0.15) is 5.82 Å². The van der Waals surface area contributed by atoms with Gasteiger partial charge in [0.2, 0.25) is 0 Å². The first-order valence-electron chi connectivity index (χ1n) is 5.79. The van der Waals surface area contributed by atoms with Crippen molar-refractivity contribution in [1.82, 2.24) is 9.55 Å². The second kappa shape index (κ2) is 5.90. The Labute approximate surface area is 114 Å². The van der Waals surface area contributed by atoms with Crippen molar-refractivity contribution in [2.24, 2.45) is 5.73 Å². The van der Waals surface area contributed by atoms with E-state index >= 15 is 0 Å². The van der Waals surface area contributed by atoms with Gasteiger partial charge < -0.3 is 20.1 Å². The summed E-state index contributed by atoms with van der Waals surface area (Å²) in [5.41, 5.74) is 6.53. The summed E-state index contributed by atoms with van der Waals surface area (Å²) in [5, 5.41) is 9.71. The lowest BCUT2D eigenvalue weighted by Gasteiger charge is -2.07. The monoisotopic (exact) mass is 283 g/mol. The molecule has 0 spiro atoms. The molecule has 6 nitrogen and oxygen atoms in total. The van der Waals surface area contributed by atoms with Gasteiger partial charge in [0.25, 0.3) is 0 Å². The van der Waals surface area contributed by atoms with Crippen molar-refractivity contribution in [3.05, 3.63) is 29.0 Å². The lowest BCUT2D eigenvalue weighted by Crippen LogP contribution is -2.16. The number of aliphatic hydroxyl groups is 1. The number of fused-ring (bicyclic) bond motifs is 1. The number of aliphatic hydroxyl groups excluding tert-OH is 1. The molecule has 2 rings (SSSR count). The van der Waals surface area contributed by atoms with Crippen LogP contribution in [0.3, 0.4) is 0 Å². The number of aromatic nitrogens is 2. The minimum Gasteiger partial charge on any atom is -0.449 e. The lowest BCUT2D eigenvalue weighted by atomic mass is 10.3. The fraction of sp³-hybridized carbons (Fsp3) is 0.333. The van der Waals surface area contributed by atoms with Gasteiger partial charge in [0.1, 0.15) is 12.4 Å². The Morgan fingerprint density at radius 3 is 3.00 bits per heavy atom. The summed E-state index contributed by atoms with van der Waals surface area (Å²) in [4.78, 5) is 15.0. The summed E-state index contributed by atoms with van der Waals surface area (Å²) in [5.74, 6) is 0.715. The second-order valence-corrected chi connectivity index (χ2v) is 4.39. The fourth-order valence-electron chi connectivity index (χ4n) is 1.94. The number of hydrogen-bond donors (Lipinski definition) is 2. The van der Waals surface area contributed by atoms with Gasteiger partial charge in [-0.25, -0.2) is 9.78 Å². The van der Waals surface area contributed by atoms with Gasteiger partial charge in [0.05, 0.1) is 17.6 Å². The number of nitrogens with zero attached hydrogens (tertiary/aromatic N) is 2. The van der Waals surface area contributed by atoms with Gasteiger partial charge in [-0.15, -0.1) is 0 Å². The molecule has 0 saturated heterocycles. The molecule has 1 aromatic carbocycles. The summed E-state index contributed by atoms with van der Waals surface area (Å²) in [7, 11) is 0. The van der Waals surface area contributed by atoms with E-state index in [4.69, 9.17) is 27.2 Å². The van der Waals surface area contributed by atoms with Gasteiger partial charge in [-0.05, 0) is 18.2 Å². The number of carbonyl (C=O) groups is 1. The number of rotatable bonds is 5. The predicted molar refractivity (Wildman–Crippen MR) is 71.1 cm³/mol. The van der Waals surface area contributed by atoms with Crippen LogP contribution in [0.4, 0.5) is 4.79 Å². The van der Waals surface area contributed by atoms with Crippen LogP contribution in [-0.4, -0.2) is 34.0 Å². The van der Waals surface area contributed by atoms with Crippen molar-refractivity contribution >= 4 is 28.7 Å². The maximum absolute atomic E-state index is 10.5. The highest BCUT2D eigenvalue weighted by molar-refractivity contribution is 6.31. The molecular formula is C12H14ClN3O3. The van der Waals surface area contributed by atoms with Crippen LogP contribution in [0, 0.1) is 0 Å². The van der Waals surface area contributed by atoms with Crippen LogP contribution in [-0.2, 0) is 17.7 Å². The number of imidazole rings is 1. The van der Waals surface area contributed by atoms with E-state index in [1.165, 1.54) is 0 Å². The number of benzene rings is 1. The molecule has 1 amide bonds. The highest BCUT2D eigenvalue weighted by Crippen LogP contribution is 2.20. The van der Waals surface area contributed by atoms with E-state index in [2.05, 4.69) is 4.98 Å². The van der Waals surface area contributed by atoms with Gasteiger partial charge in [-0.1, -0.05) is 11.6 Å². The van der Waals surface area contributed by atoms with Crippen LogP contribution in [0.5, 0.6) is 0 Å². The van der Waals surface area contributed by atoms with Crippen LogP contribution in [0.2, 0.25) is 5.02 Å². The summed E-state index contributed by atoms with van der Waals surface area (Å²) >= 11 is 5.92. The van der Waals surface area contributed by atoms with Gasteiger partial charge in [-0.2, -0.15) is 0 Å². The third kappa shape index (κ3) is 3.15. The molecule has 2 aromatic rings. The topological polar surface area (TPSA) is 90.4 Å². The van der Waals surface area contributed by atoms with E-state index < -0.39 is 6.09 Å². The Kier molecular flexibility index (Phi) is 4.24. The van der Waals surface area contributed by atoms with Gasteiger partial charge >= 0.3 is 6.09 Å². The lowest BCUT2D eigenvalue weighted by molar-refractivity contribution is 0.157. The van der Waals surface area contributed by atoms with E-state index in [1.807, 2.05) is 10.6 Å². The van der Waals surface area contributed by atoms with Crippen molar-refractivity contribution < 1.29 is 14.6 Å². The van der Waals surface area contributed by atoms with E-state index in [1.54, 1.807) is 12.1 Å². The Bertz CT molecular complexity index is 597. The minimum absolute atomic E-state index is 0.00222. The van der Waals surface area contributed by atoms with Crippen LogP contribution in [0.15, 0.2) is 18.2 Å². The average molecular weight is 284 g/mol. The first-order chi connectivity index (χ1) is 9.11. The molecule has 0 fully saturated rings. The molecule has 1 aromatic heterocycles. The zero-order chi connectivity index (χ0) is 13.8. The zero-order valence-electron chi connectivity index (χ0n) is 10.2. The minimum atomic E-state index is -0.812. The van der Waals surface area contributed by atoms with Crippen molar-refractivity contribution in [3.8, 4) is 0 Å². The Morgan fingerprint density at radius 2 is 2.32 bits per heavy atom. The van der Waals surface area contributed by atoms with Gasteiger partial charge in [0, 0.05) is 18.0 Å². The fourth-order valence-corrected chi connectivity index (χ4v) is 2.10. The predicted octanol–water partition coefficient (Wildman–Crippen LogP) is 1.32.